The summed E-state index contributed by atoms with van der Waals surface area (Å²) in [6.45, 7) is 0. The highest BCUT2D eigenvalue weighted by atomic mass is 35.5. The molecule has 2 rings (SSSR count). The maximum atomic E-state index is 12.2. The van der Waals surface area contributed by atoms with Crippen LogP contribution in [0.25, 0.3) is 6.08 Å². The van der Waals surface area contributed by atoms with Crippen LogP contribution in [-0.4, -0.2) is 22.6 Å². The number of rotatable bonds is 6. The van der Waals surface area contributed by atoms with E-state index in [0.717, 1.165) is 11.0 Å². The van der Waals surface area contributed by atoms with Crippen LogP contribution < -0.4 is 14.2 Å². The predicted octanol–water partition coefficient (Wildman–Crippen LogP) is 3.77. The Labute approximate surface area is 140 Å². The molecule has 0 aliphatic carbocycles. The molecule has 0 saturated heterocycles. The van der Waals surface area contributed by atoms with Crippen LogP contribution in [0.2, 0.25) is 5.02 Å². The molecule has 122 valence electrons. The molecule has 0 spiro atoms. The first kappa shape index (κ1) is 17.2. The summed E-state index contributed by atoms with van der Waals surface area (Å²) in [6.07, 6.45) is 1.48. The van der Waals surface area contributed by atoms with Crippen molar-refractivity contribution in [1.82, 2.24) is 0 Å². The molecule has 5 nitrogen and oxygen atoms in total. The van der Waals surface area contributed by atoms with Crippen LogP contribution in [0.1, 0.15) is 5.56 Å². The number of anilines is 1. The molecule has 1 N–H and O–H groups in total. The van der Waals surface area contributed by atoms with Crippen molar-refractivity contribution in [2.24, 2.45) is 0 Å². The molecule has 0 amide bonds. The lowest BCUT2D eigenvalue weighted by Crippen LogP contribution is -2.09. The second-order valence-electron chi connectivity index (χ2n) is 4.57. The Kier molecular flexibility index (Phi) is 5.52. The van der Waals surface area contributed by atoms with Gasteiger partial charge in [0.1, 0.15) is 11.5 Å². The van der Waals surface area contributed by atoms with Gasteiger partial charge in [-0.15, -0.1) is 0 Å². The standard InChI is InChI=1S/C16H16ClNO4S/c1-21-14-7-8-15(16(11-14)22-2)18-23(19,20)10-9-12-3-5-13(17)6-4-12/h3-11,18H,1-2H3/b10-9+. The van der Waals surface area contributed by atoms with Gasteiger partial charge in [0.25, 0.3) is 10.0 Å². The molecule has 2 aromatic rings. The smallest absolute Gasteiger partial charge is 0.255 e. The first-order chi connectivity index (χ1) is 10.9. The third-order valence-corrected chi connectivity index (χ3v) is 4.22. The lowest BCUT2D eigenvalue weighted by Gasteiger charge is -2.11. The maximum absolute atomic E-state index is 12.2. The molecule has 0 aliphatic heterocycles. The van der Waals surface area contributed by atoms with E-state index in [0.29, 0.717) is 22.2 Å². The molecule has 0 radical (unpaired) electrons. The van der Waals surface area contributed by atoms with Crippen molar-refractivity contribution < 1.29 is 17.9 Å². The largest absolute Gasteiger partial charge is 0.497 e. The Hall–Kier alpha value is -2.18. The second-order valence-corrected chi connectivity index (χ2v) is 6.57. The number of hydrogen-bond acceptors (Lipinski definition) is 4. The zero-order valence-electron chi connectivity index (χ0n) is 12.6. The SMILES string of the molecule is COc1ccc(NS(=O)(=O)/C=C/c2ccc(Cl)cc2)c(OC)c1. The van der Waals surface area contributed by atoms with Crippen LogP contribution >= 0.6 is 11.6 Å². The molecule has 0 saturated carbocycles. The lowest BCUT2D eigenvalue weighted by atomic mass is 10.2. The fourth-order valence-electron chi connectivity index (χ4n) is 1.81. The summed E-state index contributed by atoms with van der Waals surface area (Å²) < 4.78 is 37.0. The van der Waals surface area contributed by atoms with Crippen LogP contribution in [0.3, 0.4) is 0 Å². The summed E-state index contributed by atoms with van der Waals surface area (Å²) in [5.41, 5.74) is 1.05. The number of methoxy groups -OCH3 is 2. The van der Waals surface area contributed by atoms with Gasteiger partial charge in [0, 0.05) is 11.1 Å². The summed E-state index contributed by atoms with van der Waals surface area (Å²) in [5, 5.41) is 1.67. The van der Waals surface area contributed by atoms with E-state index < -0.39 is 10.0 Å². The summed E-state index contributed by atoms with van der Waals surface area (Å²) in [6, 6.07) is 11.6. The third-order valence-electron chi connectivity index (χ3n) is 2.97. The monoisotopic (exact) mass is 353 g/mol. The van der Waals surface area contributed by atoms with E-state index in [1.807, 2.05) is 0 Å². The molecule has 0 aliphatic rings. The van der Waals surface area contributed by atoms with E-state index in [2.05, 4.69) is 4.72 Å². The molecule has 0 aromatic heterocycles. The number of nitrogens with one attached hydrogen (secondary N) is 1. The first-order valence-corrected chi connectivity index (χ1v) is 8.54. The van der Waals surface area contributed by atoms with Crippen molar-refractivity contribution in [3.8, 4) is 11.5 Å². The fraction of sp³-hybridized carbons (Fsp3) is 0.125. The highest BCUT2D eigenvalue weighted by Crippen LogP contribution is 2.30. The normalized spacial score (nSPS) is 11.4. The van der Waals surface area contributed by atoms with Gasteiger partial charge in [0.15, 0.2) is 0 Å². The average molecular weight is 354 g/mol. The minimum absolute atomic E-state index is 0.328. The van der Waals surface area contributed by atoms with E-state index in [9.17, 15) is 8.42 Å². The summed E-state index contributed by atoms with van der Waals surface area (Å²) in [4.78, 5) is 0. The van der Waals surface area contributed by atoms with Crippen molar-refractivity contribution in [2.75, 3.05) is 18.9 Å². The van der Waals surface area contributed by atoms with Crippen molar-refractivity contribution in [1.29, 1.82) is 0 Å². The van der Waals surface area contributed by atoms with Gasteiger partial charge in [-0.05, 0) is 35.9 Å². The lowest BCUT2D eigenvalue weighted by molar-refractivity contribution is 0.395. The minimum atomic E-state index is -3.68. The maximum Gasteiger partial charge on any atom is 0.255 e. The quantitative estimate of drug-likeness (QED) is 0.858. The van der Waals surface area contributed by atoms with Crippen LogP contribution in [-0.2, 0) is 10.0 Å². The third kappa shape index (κ3) is 4.91. The van der Waals surface area contributed by atoms with E-state index in [4.69, 9.17) is 21.1 Å². The van der Waals surface area contributed by atoms with Gasteiger partial charge < -0.3 is 9.47 Å². The van der Waals surface area contributed by atoms with Gasteiger partial charge in [-0.2, -0.15) is 0 Å². The molecular weight excluding hydrogens is 338 g/mol. The molecule has 0 heterocycles. The Bertz CT molecular complexity index is 801. The van der Waals surface area contributed by atoms with Gasteiger partial charge in [0.2, 0.25) is 0 Å². The number of benzene rings is 2. The van der Waals surface area contributed by atoms with E-state index in [1.54, 1.807) is 42.5 Å². The van der Waals surface area contributed by atoms with Gasteiger partial charge >= 0.3 is 0 Å². The molecule has 7 heteroatoms. The molecule has 0 unspecified atom stereocenters. The Balaban J connectivity index is 2.19. The van der Waals surface area contributed by atoms with Crippen molar-refractivity contribution in [2.45, 2.75) is 0 Å². The van der Waals surface area contributed by atoms with Gasteiger partial charge in [0.05, 0.1) is 25.3 Å². The van der Waals surface area contributed by atoms with E-state index in [1.165, 1.54) is 20.3 Å². The molecule has 0 atom stereocenters. The van der Waals surface area contributed by atoms with Crippen LogP contribution in [0.4, 0.5) is 5.69 Å². The van der Waals surface area contributed by atoms with Crippen LogP contribution in [0.15, 0.2) is 47.9 Å². The number of sulfonamides is 1. The molecular formula is C16H16ClNO4S. The minimum Gasteiger partial charge on any atom is -0.497 e. The summed E-state index contributed by atoms with van der Waals surface area (Å²) >= 11 is 5.79. The first-order valence-electron chi connectivity index (χ1n) is 6.62. The molecule has 0 fully saturated rings. The number of ether oxygens (including phenoxy) is 2. The topological polar surface area (TPSA) is 64.6 Å². The van der Waals surface area contributed by atoms with Gasteiger partial charge in [-0.3, -0.25) is 4.72 Å². The zero-order chi connectivity index (χ0) is 16.9. The van der Waals surface area contributed by atoms with E-state index >= 15 is 0 Å². The highest BCUT2D eigenvalue weighted by molar-refractivity contribution is 7.95. The highest BCUT2D eigenvalue weighted by Gasteiger charge is 2.11. The molecule has 23 heavy (non-hydrogen) atoms. The number of halogens is 1. The van der Waals surface area contributed by atoms with Crippen molar-refractivity contribution in [3.63, 3.8) is 0 Å². The zero-order valence-corrected chi connectivity index (χ0v) is 14.2. The van der Waals surface area contributed by atoms with Gasteiger partial charge in [-0.1, -0.05) is 23.7 Å². The molecule has 0 bridgehead atoms. The van der Waals surface area contributed by atoms with Crippen LogP contribution in [0, 0.1) is 0 Å². The van der Waals surface area contributed by atoms with Gasteiger partial charge in [-0.25, -0.2) is 8.42 Å². The summed E-state index contributed by atoms with van der Waals surface area (Å²) in [7, 11) is -0.704. The number of hydrogen-bond donors (Lipinski definition) is 1. The van der Waals surface area contributed by atoms with Crippen molar-refractivity contribution >= 4 is 33.4 Å². The van der Waals surface area contributed by atoms with E-state index in [-0.39, 0.29) is 0 Å². The Morgan fingerprint density at radius 3 is 2.35 bits per heavy atom. The average Bonchev–Trinajstić information content (AvgIpc) is 2.54. The second kappa shape index (κ2) is 7.39. The Morgan fingerprint density at radius 1 is 1.04 bits per heavy atom. The predicted molar refractivity (Wildman–Crippen MR) is 92.6 cm³/mol. The van der Waals surface area contributed by atoms with Crippen molar-refractivity contribution in [3.05, 3.63) is 58.5 Å². The molecule has 2 aromatic carbocycles. The summed E-state index contributed by atoms with van der Waals surface area (Å²) in [5.74, 6) is 0.939. The fourth-order valence-corrected chi connectivity index (χ4v) is 2.82. The van der Waals surface area contributed by atoms with Crippen LogP contribution in [0.5, 0.6) is 11.5 Å². The Morgan fingerprint density at radius 2 is 1.74 bits per heavy atom.